The number of para-hydroxylation sites is 1. The second kappa shape index (κ2) is 8.71. The molecule has 1 amide bonds. The third-order valence-corrected chi connectivity index (χ3v) is 4.18. The maximum absolute atomic E-state index is 13.1. The molecule has 0 radical (unpaired) electrons. The molecule has 4 nitrogen and oxygen atoms in total. The van der Waals surface area contributed by atoms with E-state index in [1.54, 1.807) is 0 Å². The first kappa shape index (κ1) is 18.3. The fourth-order valence-corrected chi connectivity index (χ4v) is 3.05. The van der Waals surface area contributed by atoms with Crippen molar-refractivity contribution in [1.29, 1.82) is 0 Å². The largest absolute Gasteiger partial charge is 0.493 e. The molecule has 2 aromatic rings. The zero-order valence-corrected chi connectivity index (χ0v) is 14.4. The summed E-state index contributed by atoms with van der Waals surface area (Å²) in [5.41, 5.74) is 7.83. The number of ether oxygens (including phenoxy) is 1. The van der Waals surface area contributed by atoms with Gasteiger partial charge in [-0.15, -0.1) is 12.4 Å². The van der Waals surface area contributed by atoms with Crippen LogP contribution in [0.3, 0.4) is 0 Å². The third kappa shape index (κ3) is 4.08. The Balaban J connectivity index is 0.00000208. The van der Waals surface area contributed by atoms with E-state index in [1.165, 1.54) is 0 Å². The minimum absolute atomic E-state index is 0. The Morgan fingerprint density at radius 3 is 2.58 bits per heavy atom. The Kier molecular flexibility index (Phi) is 6.64. The van der Waals surface area contributed by atoms with Gasteiger partial charge >= 0.3 is 0 Å². The molecule has 0 spiro atoms. The van der Waals surface area contributed by atoms with Crippen LogP contribution in [-0.4, -0.2) is 30.5 Å². The number of halogens is 1. The molecule has 0 fully saturated rings. The van der Waals surface area contributed by atoms with Crippen LogP contribution in [0.1, 0.15) is 23.5 Å². The lowest BCUT2D eigenvalue weighted by Crippen LogP contribution is -2.39. The summed E-state index contributed by atoms with van der Waals surface area (Å²) in [6.45, 7) is 2.20. The van der Waals surface area contributed by atoms with Gasteiger partial charge in [-0.1, -0.05) is 48.5 Å². The zero-order chi connectivity index (χ0) is 16.1. The van der Waals surface area contributed by atoms with Gasteiger partial charge < -0.3 is 15.4 Å². The minimum atomic E-state index is -0.143. The van der Waals surface area contributed by atoms with Crippen LogP contribution in [0.4, 0.5) is 0 Å². The van der Waals surface area contributed by atoms with Crippen LogP contribution in [0.5, 0.6) is 5.75 Å². The fourth-order valence-electron chi connectivity index (χ4n) is 3.05. The van der Waals surface area contributed by atoms with E-state index < -0.39 is 0 Å². The van der Waals surface area contributed by atoms with Gasteiger partial charge in [-0.05, 0) is 18.1 Å². The van der Waals surface area contributed by atoms with Crippen molar-refractivity contribution in [1.82, 2.24) is 4.90 Å². The topological polar surface area (TPSA) is 55.6 Å². The van der Waals surface area contributed by atoms with Gasteiger partial charge in [-0.25, -0.2) is 0 Å². The molecule has 1 unspecified atom stereocenters. The normalized spacial score (nSPS) is 15.6. The number of carbonyl (C=O) groups excluding carboxylic acids is 1. The van der Waals surface area contributed by atoms with Crippen LogP contribution in [0.25, 0.3) is 0 Å². The summed E-state index contributed by atoms with van der Waals surface area (Å²) in [6.07, 6.45) is 0.714. The van der Waals surface area contributed by atoms with Crippen molar-refractivity contribution in [2.75, 3.05) is 19.7 Å². The molecular weight excluding hydrogens is 324 g/mol. The minimum Gasteiger partial charge on any atom is -0.493 e. The van der Waals surface area contributed by atoms with E-state index in [9.17, 15) is 4.79 Å². The first-order valence-electron chi connectivity index (χ1n) is 8.04. The van der Waals surface area contributed by atoms with E-state index >= 15 is 0 Å². The molecule has 1 atom stereocenters. The monoisotopic (exact) mass is 346 g/mol. The molecule has 5 heteroatoms. The lowest BCUT2D eigenvalue weighted by Gasteiger charge is -2.30. The summed E-state index contributed by atoms with van der Waals surface area (Å²) in [5, 5.41) is 0. The van der Waals surface area contributed by atoms with Crippen molar-refractivity contribution in [2.24, 2.45) is 5.73 Å². The average Bonchev–Trinajstić information content (AvgIpc) is 2.61. The van der Waals surface area contributed by atoms with Crippen LogP contribution in [-0.2, 0) is 11.3 Å². The predicted molar refractivity (Wildman–Crippen MR) is 97.5 cm³/mol. The van der Waals surface area contributed by atoms with Gasteiger partial charge in [0.25, 0.3) is 0 Å². The van der Waals surface area contributed by atoms with Crippen molar-refractivity contribution >= 4 is 18.3 Å². The van der Waals surface area contributed by atoms with E-state index in [2.05, 4.69) is 0 Å². The molecule has 1 aliphatic rings. The number of carbonyl (C=O) groups is 1. The van der Waals surface area contributed by atoms with E-state index in [4.69, 9.17) is 10.5 Å². The van der Waals surface area contributed by atoms with Gasteiger partial charge in [0.2, 0.25) is 5.91 Å². The Labute approximate surface area is 149 Å². The molecule has 0 saturated carbocycles. The van der Waals surface area contributed by atoms with E-state index in [0.717, 1.165) is 16.9 Å². The summed E-state index contributed by atoms with van der Waals surface area (Å²) in [5.74, 6) is 0.815. The van der Waals surface area contributed by atoms with Crippen molar-refractivity contribution in [3.8, 4) is 5.75 Å². The van der Waals surface area contributed by atoms with Crippen molar-refractivity contribution < 1.29 is 9.53 Å². The zero-order valence-electron chi connectivity index (χ0n) is 13.6. The Hall–Kier alpha value is -2.04. The highest BCUT2D eigenvalue weighted by atomic mass is 35.5. The van der Waals surface area contributed by atoms with E-state index in [-0.39, 0.29) is 24.2 Å². The molecule has 1 heterocycles. The summed E-state index contributed by atoms with van der Waals surface area (Å²) >= 11 is 0. The maximum Gasteiger partial charge on any atom is 0.230 e. The number of amides is 1. The Bertz CT molecular complexity index is 663. The van der Waals surface area contributed by atoms with E-state index in [1.807, 2.05) is 59.5 Å². The van der Waals surface area contributed by atoms with Crippen LogP contribution in [0.15, 0.2) is 54.6 Å². The van der Waals surface area contributed by atoms with Gasteiger partial charge in [0.05, 0.1) is 12.5 Å². The van der Waals surface area contributed by atoms with Gasteiger partial charge in [0.1, 0.15) is 5.75 Å². The SMILES string of the molecule is Cl.NCCN(Cc1ccccc1)C(=O)C1CCOc2ccccc21. The van der Waals surface area contributed by atoms with Crippen molar-refractivity contribution in [3.05, 3.63) is 65.7 Å². The molecule has 0 saturated heterocycles. The first-order chi connectivity index (χ1) is 11.3. The molecule has 2 N–H and O–H groups in total. The van der Waals surface area contributed by atoms with Crippen LogP contribution < -0.4 is 10.5 Å². The highest BCUT2D eigenvalue weighted by molar-refractivity contribution is 5.85. The number of nitrogens with zero attached hydrogens (tertiary/aromatic N) is 1. The number of hydrogen-bond donors (Lipinski definition) is 1. The smallest absolute Gasteiger partial charge is 0.230 e. The molecule has 128 valence electrons. The lowest BCUT2D eigenvalue weighted by atomic mass is 9.91. The molecule has 3 rings (SSSR count). The summed E-state index contributed by atoms with van der Waals surface area (Å²) in [7, 11) is 0. The molecule has 1 aliphatic heterocycles. The molecular formula is C19H23ClN2O2. The van der Waals surface area contributed by atoms with Crippen LogP contribution in [0.2, 0.25) is 0 Å². The number of fused-ring (bicyclic) bond motifs is 1. The summed E-state index contributed by atoms with van der Waals surface area (Å²) in [4.78, 5) is 14.9. The number of nitrogens with two attached hydrogens (primary N) is 1. The number of rotatable bonds is 5. The Morgan fingerprint density at radius 1 is 1.12 bits per heavy atom. The van der Waals surface area contributed by atoms with E-state index in [0.29, 0.717) is 32.7 Å². The summed E-state index contributed by atoms with van der Waals surface area (Å²) < 4.78 is 5.67. The molecule has 2 aromatic carbocycles. The van der Waals surface area contributed by atoms with Crippen LogP contribution >= 0.6 is 12.4 Å². The number of benzene rings is 2. The predicted octanol–water partition coefficient (Wildman–Crippen LogP) is 2.96. The lowest BCUT2D eigenvalue weighted by molar-refractivity contribution is -0.134. The molecule has 0 aromatic heterocycles. The van der Waals surface area contributed by atoms with Gasteiger partial charge in [0, 0.05) is 25.2 Å². The van der Waals surface area contributed by atoms with Crippen molar-refractivity contribution in [2.45, 2.75) is 18.9 Å². The average molecular weight is 347 g/mol. The van der Waals surface area contributed by atoms with Gasteiger partial charge in [-0.3, -0.25) is 4.79 Å². The Morgan fingerprint density at radius 2 is 1.83 bits per heavy atom. The second-order valence-electron chi connectivity index (χ2n) is 5.76. The van der Waals surface area contributed by atoms with Gasteiger partial charge in [-0.2, -0.15) is 0 Å². The number of hydrogen-bond acceptors (Lipinski definition) is 3. The molecule has 24 heavy (non-hydrogen) atoms. The molecule has 0 aliphatic carbocycles. The fraction of sp³-hybridized carbons (Fsp3) is 0.316. The molecule has 0 bridgehead atoms. The highest BCUT2D eigenvalue weighted by Crippen LogP contribution is 2.34. The van der Waals surface area contributed by atoms with Crippen molar-refractivity contribution in [3.63, 3.8) is 0 Å². The highest BCUT2D eigenvalue weighted by Gasteiger charge is 2.30. The summed E-state index contributed by atoms with van der Waals surface area (Å²) in [6, 6.07) is 17.8. The standard InChI is InChI=1S/C19H22N2O2.ClH/c20-11-12-21(14-15-6-2-1-3-7-15)19(22)17-10-13-23-18-9-5-4-8-16(17)18;/h1-9,17H,10-14,20H2;1H. The van der Waals surface area contributed by atoms with Gasteiger partial charge in [0.15, 0.2) is 0 Å². The second-order valence-corrected chi connectivity index (χ2v) is 5.76. The quantitative estimate of drug-likeness (QED) is 0.905. The third-order valence-electron chi connectivity index (χ3n) is 4.18. The maximum atomic E-state index is 13.1. The van der Waals surface area contributed by atoms with Crippen LogP contribution in [0, 0.1) is 0 Å². The first-order valence-corrected chi connectivity index (χ1v) is 8.04.